The molecule has 1 aromatic carbocycles. The molecule has 1 N–H and O–H groups in total. The third kappa shape index (κ3) is 4.48. The molecule has 27 heavy (non-hydrogen) atoms. The average molecular weight is 364 g/mol. The Hall–Kier alpha value is -2.40. The lowest BCUT2D eigenvalue weighted by atomic mass is 9.92. The van der Waals surface area contributed by atoms with Crippen molar-refractivity contribution in [2.24, 2.45) is 5.92 Å². The van der Waals surface area contributed by atoms with Gasteiger partial charge in [0.1, 0.15) is 0 Å². The van der Waals surface area contributed by atoms with E-state index in [-0.39, 0.29) is 5.91 Å². The van der Waals surface area contributed by atoms with Crippen LogP contribution in [0, 0.1) is 5.92 Å². The van der Waals surface area contributed by atoms with Crippen molar-refractivity contribution in [2.45, 2.75) is 19.3 Å². The molecule has 2 saturated heterocycles. The minimum Gasteiger partial charge on any atom is -0.367 e. The van der Waals surface area contributed by atoms with Crippen LogP contribution >= 0.6 is 0 Å². The predicted molar refractivity (Wildman–Crippen MR) is 108 cm³/mol. The summed E-state index contributed by atoms with van der Waals surface area (Å²) in [7, 11) is 0. The number of benzene rings is 1. The number of nitrogens with one attached hydrogen (secondary N) is 1. The molecule has 2 aliphatic rings. The van der Waals surface area contributed by atoms with Crippen LogP contribution in [0.15, 0.2) is 48.8 Å². The molecule has 0 bridgehead atoms. The highest BCUT2D eigenvalue weighted by Crippen LogP contribution is 2.19. The Morgan fingerprint density at radius 3 is 2.59 bits per heavy atom. The number of carbonyl (C=O) groups is 1. The van der Waals surface area contributed by atoms with Crippen LogP contribution in [0.1, 0.15) is 28.8 Å². The number of piperidine rings is 1. The second-order valence-corrected chi connectivity index (χ2v) is 7.60. The van der Waals surface area contributed by atoms with E-state index in [1.807, 2.05) is 29.3 Å². The van der Waals surface area contributed by atoms with Gasteiger partial charge in [-0.05, 0) is 68.1 Å². The first-order chi connectivity index (χ1) is 13.3. The molecule has 2 fully saturated rings. The Kier molecular flexibility index (Phi) is 5.68. The predicted octanol–water partition coefficient (Wildman–Crippen LogP) is 2.59. The van der Waals surface area contributed by atoms with Crippen molar-refractivity contribution < 1.29 is 4.79 Å². The van der Waals surface area contributed by atoms with Crippen molar-refractivity contribution in [2.75, 3.05) is 44.2 Å². The minimum atomic E-state index is 0.145. The van der Waals surface area contributed by atoms with Gasteiger partial charge in [-0.25, -0.2) is 0 Å². The maximum absolute atomic E-state index is 12.8. The number of aromatic nitrogens is 1. The van der Waals surface area contributed by atoms with E-state index in [0.29, 0.717) is 0 Å². The molecule has 1 atom stereocenters. The second kappa shape index (κ2) is 8.53. The maximum Gasteiger partial charge on any atom is 0.253 e. The summed E-state index contributed by atoms with van der Waals surface area (Å²) in [6.07, 6.45) is 7.35. The number of nitrogens with zero attached hydrogens (tertiary/aromatic N) is 3. The van der Waals surface area contributed by atoms with Crippen molar-refractivity contribution in [3.63, 3.8) is 0 Å². The first-order valence-electron chi connectivity index (χ1n) is 10.0. The average Bonchev–Trinajstić information content (AvgIpc) is 2.75. The SMILES string of the molecule is O=C(c1ccc(CC2CCCNC2)cc1)N1CCN(c2cccnc2)CC1. The fraction of sp³-hybridized carbons (Fsp3) is 0.455. The van der Waals surface area contributed by atoms with Crippen molar-refractivity contribution in [3.8, 4) is 0 Å². The van der Waals surface area contributed by atoms with Crippen LogP contribution in [-0.4, -0.2) is 55.1 Å². The fourth-order valence-electron chi connectivity index (χ4n) is 4.11. The highest BCUT2D eigenvalue weighted by Gasteiger charge is 2.22. The van der Waals surface area contributed by atoms with E-state index in [2.05, 4.69) is 33.4 Å². The summed E-state index contributed by atoms with van der Waals surface area (Å²) >= 11 is 0. The Morgan fingerprint density at radius 1 is 1.11 bits per heavy atom. The van der Waals surface area contributed by atoms with Gasteiger partial charge in [-0.15, -0.1) is 0 Å². The second-order valence-electron chi connectivity index (χ2n) is 7.60. The molecule has 0 aliphatic carbocycles. The van der Waals surface area contributed by atoms with Gasteiger partial charge in [0.05, 0.1) is 11.9 Å². The van der Waals surface area contributed by atoms with Crippen LogP contribution in [-0.2, 0) is 6.42 Å². The molecule has 1 amide bonds. The van der Waals surface area contributed by atoms with Crippen LogP contribution in [0.4, 0.5) is 5.69 Å². The van der Waals surface area contributed by atoms with E-state index < -0.39 is 0 Å². The van der Waals surface area contributed by atoms with Gasteiger partial charge in [-0.1, -0.05) is 12.1 Å². The topological polar surface area (TPSA) is 48.5 Å². The molecule has 4 rings (SSSR count). The summed E-state index contributed by atoms with van der Waals surface area (Å²) in [6.45, 7) is 5.47. The van der Waals surface area contributed by atoms with E-state index >= 15 is 0 Å². The molecule has 0 spiro atoms. The van der Waals surface area contributed by atoms with Crippen LogP contribution in [0.25, 0.3) is 0 Å². The smallest absolute Gasteiger partial charge is 0.253 e. The van der Waals surface area contributed by atoms with Gasteiger partial charge in [0.2, 0.25) is 0 Å². The molecule has 1 aromatic heterocycles. The molecule has 142 valence electrons. The third-order valence-corrected chi connectivity index (χ3v) is 5.70. The molecule has 5 heteroatoms. The molecule has 2 aromatic rings. The third-order valence-electron chi connectivity index (χ3n) is 5.70. The summed E-state index contributed by atoms with van der Waals surface area (Å²) in [5.74, 6) is 0.868. The molecule has 2 aliphatic heterocycles. The molecular formula is C22H28N4O. The van der Waals surface area contributed by atoms with E-state index in [1.54, 1.807) is 6.20 Å². The highest BCUT2D eigenvalue weighted by atomic mass is 16.2. The van der Waals surface area contributed by atoms with E-state index in [0.717, 1.165) is 62.9 Å². The first kappa shape index (κ1) is 18.0. The van der Waals surface area contributed by atoms with Gasteiger partial charge >= 0.3 is 0 Å². The Balaban J connectivity index is 1.32. The van der Waals surface area contributed by atoms with Crippen molar-refractivity contribution in [1.82, 2.24) is 15.2 Å². The molecular weight excluding hydrogens is 336 g/mol. The van der Waals surface area contributed by atoms with E-state index in [4.69, 9.17) is 0 Å². The van der Waals surface area contributed by atoms with Gasteiger partial charge in [0.15, 0.2) is 0 Å². The normalized spacial score (nSPS) is 20.5. The number of anilines is 1. The van der Waals surface area contributed by atoms with Crippen LogP contribution in [0.3, 0.4) is 0 Å². The molecule has 3 heterocycles. The summed E-state index contributed by atoms with van der Waals surface area (Å²) in [5, 5.41) is 3.47. The van der Waals surface area contributed by atoms with Crippen LogP contribution in [0.5, 0.6) is 0 Å². The number of pyridine rings is 1. The molecule has 5 nitrogen and oxygen atoms in total. The minimum absolute atomic E-state index is 0.145. The number of hydrogen-bond acceptors (Lipinski definition) is 4. The number of rotatable bonds is 4. The van der Waals surface area contributed by atoms with Gasteiger partial charge < -0.3 is 15.1 Å². The van der Waals surface area contributed by atoms with Crippen LogP contribution < -0.4 is 10.2 Å². The zero-order chi connectivity index (χ0) is 18.5. The molecule has 0 radical (unpaired) electrons. The largest absolute Gasteiger partial charge is 0.367 e. The standard InChI is InChI=1S/C22H28N4O/c27-22(26-13-11-25(12-14-26)21-4-2-10-24-17-21)20-7-5-18(6-8-20)15-19-3-1-9-23-16-19/h2,4-8,10,17,19,23H,1,3,9,11-16H2. The number of amides is 1. The number of hydrogen-bond donors (Lipinski definition) is 1. The molecule has 0 saturated carbocycles. The van der Waals surface area contributed by atoms with Gasteiger partial charge in [0.25, 0.3) is 5.91 Å². The fourth-order valence-corrected chi connectivity index (χ4v) is 4.11. The quantitative estimate of drug-likeness (QED) is 0.906. The summed E-state index contributed by atoms with van der Waals surface area (Å²) in [4.78, 5) is 21.3. The van der Waals surface area contributed by atoms with Gasteiger partial charge in [0, 0.05) is 37.9 Å². The van der Waals surface area contributed by atoms with Gasteiger partial charge in [-0.3, -0.25) is 9.78 Å². The zero-order valence-electron chi connectivity index (χ0n) is 15.8. The molecule has 1 unspecified atom stereocenters. The van der Waals surface area contributed by atoms with Crippen molar-refractivity contribution in [1.29, 1.82) is 0 Å². The van der Waals surface area contributed by atoms with Crippen LogP contribution in [0.2, 0.25) is 0 Å². The Labute approximate surface area is 161 Å². The summed E-state index contributed by atoms with van der Waals surface area (Å²) < 4.78 is 0. The number of carbonyl (C=O) groups excluding carboxylic acids is 1. The summed E-state index contributed by atoms with van der Waals surface area (Å²) in [5.41, 5.74) is 3.27. The number of piperazine rings is 1. The monoisotopic (exact) mass is 364 g/mol. The lowest BCUT2D eigenvalue weighted by molar-refractivity contribution is 0.0747. The van der Waals surface area contributed by atoms with E-state index in [1.165, 1.54) is 18.4 Å². The first-order valence-corrected chi connectivity index (χ1v) is 10.0. The summed E-state index contributed by atoms with van der Waals surface area (Å²) in [6, 6.07) is 12.3. The zero-order valence-corrected chi connectivity index (χ0v) is 15.8. The maximum atomic E-state index is 12.8. The van der Waals surface area contributed by atoms with E-state index in [9.17, 15) is 4.79 Å². The van der Waals surface area contributed by atoms with Crippen molar-refractivity contribution >= 4 is 11.6 Å². The lowest BCUT2D eigenvalue weighted by Gasteiger charge is -2.36. The van der Waals surface area contributed by atoms with Crippen molar-refractivity contribution in [3.05, 3.63) is 59.9 Å². The highest BCUT2D eigenvalue weighted by molar-refractivity contribution is 5.94. The Bertz CT molecular complexity index is 733. The Morgan fingerprint density at radius 2 is 1.93 bits per heavy atom. The lowest BCUT2D eigenvalue weighted by Crippen LogP contribution is -2.48. The van der Waals surface area contributed by atoms with Gasteiger partial charge in [-0.2, -0.15) is 0 Å².